The van der Waals surface area contributed by atoms with E-state index in [0.717, 1.165) is 6.42 Å². The van der Waals surface area contributed by atoms with Crippen molar-refractivity contribution in [2.45, 2.75) is 19.8 Å². The zero-order valence-electron chi connectivity index (χ0n) is 5.29. The van der Waals surface area contributed by atoms with E-state index >= 15 is 0 Å². The number of nitrogens with zero attached hydrogens (tertiary/aromatic N) is 2. The van der Waals surface area contributed by atoms with Gasteiger partial charge in [-0.25, -0.2) is 0 Å². The van der Waals surface area contributed by atoms with Crippen LogP contribution in [0, 0.1) is 0 Å². The molecule has 50 valence electrons. The first-order chi connectivity index (χ1) is 4.22. The molecule has 0 aliphatic heterocycles. The number of hydrogen-bond acceptors (Lipinski definition) is 1. The van der Waals surface area contributed by atoms with Crippen LogP contribution in [0.15, 0.2) is 0 Å². The molecule has 9 heavy (non-hydrogen) atoms. The Hall–Kier alpha value is -1.15. The Bertz CT molecular complexity index is 158. The predicted octanol–water partition coefficient (Wildman–Crippen LogP) is -0.0574. The van der Waals surface area contributed by atoms with E-state index in [1.54, 1.807) is 0 Å². The Kier molecular flexibility index (Phi) is 3.32. The van der Waals surface area contributed by atoms with Gasteiger partial charge in [0.05, 0.1) is 0 Å². The van der Waals surface area contributed by atoms with Crippen molar-refractivity contribution in [1.29, 1.82) is 0 Å². The van der Waals surface area contributed by atoms with E-state index in [1.807, 2.05) is 6.92 Å². The van der Waals surface area contributed by atoms with Crippen LogP contribution in [-0.2, 0) is 4.79 Å². The molecule has 0 aromatic heterocycles. The summed E-state index contributed by atoms with van der Waals surface area (Å²) in [6.45, 7) is 1.85. The molecule has 0 saturated carbocycles. The van der Waals surface area contributed by atoms with Gasteiger partial charge >= 0.3 is 5.84 Å². The molecule has 0 unspecified atom stereocenters. The second-order valence-corrected chi connectivity index (χ2v) is 1.66. The van der Waals surface area contributed by atoms with Crippen molar-refractivity contribution >= 4 is 11.6 Å². The van der Waals surface area contributed by atoms with E-state index in [4.69, 9.17) is 11.3 Å². The van der Waals surface area contributed by atoms with Crippen LogP contribution in [0.3, 0.4) is 0 Å². The van der Waals surface area contributed by atoms with Gasteiger partial charge in [0, 0.05) is 6.42 Å². The second-order valence-electron chi connectivity index (χ2n) is 1.66. The van der Waals surface area contributed by atoms with Crippen LogP contribution in [-0.4, -0.2) is 16.4 Å². The van der Waals surface area contributed by atoms with Crippen molar-refractivity contribution in [2.75, 3.05) is 0 Å². The molecule has 0 aliphatic rings. The van der Waals surface area contributed by atoms with Gasteiger partial charge in [-0.1, -0.05) is 6.92 Å². The molecule has 0 radical (unpaired) electrons. The minimum atomic E-state index is -0.308. The van der Waals surface area contributed by atoms with E-state index in [0.29, 0.717) is 6.42 Å². The van der Waals surface area contributed by atoms with Crippen LogP contribution in [0.25, 0.3) is 5.53 Å². The molecule has 0 bridgehead atoms. The third-order valence-corrected chi connectivity index (χ3v) is 0.870. The molecular weight excluding hydrogens is 118 g/mol. The first-order valence-electron chi connectivity index (χ1n) is 2.73. The molecule has 4 nitrogen and oxygen atoms in total. The SMILES string of the molecule is CCCC(=O)C(N)=[N+]=[N-]. The number of Topliss-reactive ketones (excluding diaryl/α,β-unsaturated/α-hetero) is 1. The van der Waals surface area contributed by atoms with Gasteiger partial charge in [-0.2, -0.15) is 0 Å². The fourth-order valence-electron chi connectivity index (χ4n) is 0.411. The van der Waals surface area contributed by atoms with Crippen molar-refractivity contribution in [1.82, 2.24) is 0 Å². The van der Waals surface area contributed by atoms with Gasteiger partial charge in [0.1, 0.15) is 0 Å². The van der Waals surface area contributed by atoms with E-state index in [2.05, 4.69) is 4.79 Å². The minimum absolute atomic E-state index is 0.306. The number of carbonyl (C=O) groups excluding carboxylic acids is 1. The van der Waals surface area contributed by atoms with Gasteiger partial charge in [0.15, 0.2) is 0 Å². The molecule has 4 heteroatoms. The van der Waals surface area contributed by atoms with E-state index in [1.165, 1.54) is 0 Å². The largest absolute Gasteiger partial charge is 0.497 e. The molecule has 0 atom stereocenters. The maximum absolute atomic E-state index is 10.6. The second kappa shape index (κ2) is 3.80. The van der Waals surface area contributed by atoms with Gasteiger partial charge in [-0.15, -0.1) is 0 Å². The molecule has 0 rings (SSSR count). The Morgan fingerprint density at radius 1 is 1.78 bits per heavy atom. The number of rotatable bonds is 3. The van der Waals surface area contributed by atoms with Crippen LogP contribution < -0.4 is 5.73 Å². The number of carbonyl (C=O) groups is 1. The third kappa shape index (κ3) is 2.61. The van der Waals surface area contributed by atoms with Crippen LogP contribution in [0.1, 0.15) is 19.8 Å². The summed E-state index contributed by atoms with van der Waals surface area (Å²) in [6, 6.07) is 0. The summed E-state index contributed by atoms with van der Waals surface area (Å²) in [5.41, 5.74) is 12.9. The summed E-state index contributed by atoms with van der Waals surface area (Å²) in [6.07, 6.45) is 1.06. The summed E-state index contributed by atoms with van der Waals surface area (Å²) >= 11 is 0. The summed E-state index contributed by atoms with van der Waals surface area (Å²) in [5, 5.41) is 0. The Balaban J connectivity index is 3.89. The van der Waals surface area contributed by atoms with Gasteiger partial charge in [-0.05, 0) is 6.42 Å². The van der Waals surface area contributed by atoms with Crippen molar-refractivity contribution in [3.8, 4) is 0 Å². The first-order valence-corrected chi connectivity index (χ1v) is 2.73. The highest BCUT2D eigenvalue weighted by Gasteiger charge is 2.10. The monoisotopic (exact) mass is 127 g/mol. The topological polar surface area (TPSA) is 79.5 Å². The fourth-order valence-corrected chi connectivity index (χ4v) is 0.411. The Labute approximate surface area is 53.3 Å². The molecule has 0 amide bonds. The molecule has 0 aliphatic carbocycles. The molecular formula is C5H9N3O. The summed E-state index contributed by atoms with van der Waals surface area (Å²) in [7, 11) is 0. The first kappa shape index (κ1) is 7.85. The Morgan fingerprint density at radius 3 is 2.67 bits per heavy atom. The van der Waals surface area contributed by atoms with Crippen LogP contribution in [0.4, 0.5) is 0 Å². The maximum atomic E-state index is 10.6. The van der Waals surface area contributed by atoms with Crippen molar-refractivity contribution in [2.24, 2.45) is 5.73 Å². The minimum Gasteiger partial charge on any atom is -0.497 e. The van der Waals surface area contributed by atoms with Gasteiger partial charge in [-0.3, -0.25) is 10.5 Å². The lowest BCUT2D eigenvalue weighted by Gasteiger charge is -1.85. The number of nitrogens with two attached hydrogens (primary N) is 1. The van der Waals surface area contributed by atoms with E-state index in [9.17, 15) is 4.79 Å². The molecule has 0 aromatic carbocycles. The summed E-state index contributed by atoms with van der Waals surface area (Å²) < 4.78 is 0. The van der Waals surface area contributed by atoms with Crippen molar-refractivity contribution < 1.29 is 9.58 Å². The average Bonchev–Trinajstić information content (AvgIpc) is 1.87. The lowest BCUT2D eigenvalue weighted by molar-refractivity contribution is -0.117. The highest BCUT2D eigenvalue weighted by molar-refractivity contribution is 6.35. The molecule has 0 saturated heterocycles. The van der Waals surface area contributed by atoms with E-state index in [-0.39, 0.29) is 11.6 Å². The normalized spacial score (nSPS) is 8.11. The lowest BCUT2D eigenvalue weighted by Crippen LogP contribution is -2.24. The summed E-state index contributed by atoms with van der Waals surface area (Å²) in [5.74, 6) is -0.614. The lowest BCUT2D eigenvalue weighted by atomic mass is 10.2. The summed E-state index contributed by atoms with van der Waals surface area (Å²) in [4.78, 5) is 13.1. The van der Waals surface area contributed by atoms with Gasteiger partial charge in [0.2, 0.25) is 0 Å². The number of hydrogen-bond donors (Lipinski definition) is 1. The molecule has 0 heterocycles. The number of ketones is 1. The predicted molar refractivity (Wildman–Crippen MR) is 32.7 cm³/mol. The maximum Gasteiger partial charge on any atom is 0.394 e. The number of amidine groups is 1. The standard InChI is InChI=1S/C5H9N3O/c1-2-3-4(9)5(6)8-7/h2-3,6H2,1H3. The Morgan fingerprint density at radius 2 is 2.33 bits per heavy atom. The quantitative estimate of drug-likeness (QED) is 0.249. The zero-order valence-corrected chi connectivity index (χ0v) is 5.29. The van der Waals surface area contributed by atoms with Crippen molar-refractivity contribution in [3.05, 3.63) is 5.53 Å². The van der Waals surface area contributed by atoms with Crippen LogP contribution >= 0.6 is 0 Å². The fraction of sp³-hybridized carbons (Fsp3) is 0.600. The smallest absolute Gasteiger partial charge is 0.394 e. The highest BCUT2D eigenvalue weighted by Crippen LogP contribution is 1.86. The molecule has 0 spiro atoms. The highest BCUT2D eigenvalue weighted by atomic mass is 16.1. The molecule has 0 aromatic rings. The molecule has 0 fully saturated rings. The zero-order chi connectivity index (χ0) is 7.28. The average molecular weight is 127 g/mol. The van der Waals surface area contributed by atoms with Crippen LogP contribution in [0.5, 0.6) is 0 Å². The van der Waals surface area contributed by atoms with Gasteiger partial charge in [0.25, 0.3) is 5.78 Å². The van der Waals surface area contributed by atoms with Crippen LogP contribution in [0.2, 0.25) is 0 Å². The third-order valence-electron chi connectivity index (χ3n) is 0.870. The van der Waals surface area contributed by atoms with E-state index < -0.39 is 0 Å². The molecule has 2 N–H and O–H groups in total. The van der Waals surface area contributed by atoms with Gasteiger partial charge < -0.3 is 10.3 Å². The van der Waals surface area contributed by atoms with Crippen molar-refractivity contribution in [3.63, 3.8) is 0 Å².